The number of rotatable bonds is 6. The highest BCUT2D eigenvalue weighted by Gasteiger charge is 2.34. The molecular formula is C31H23N5O3. The molecule has 2 aromatic heterocycles. The summed E-state index contributed by atoms with van der Waals surface area (Å²) in [5.74, 6) is 2.42. The Bertz CT molecular complexity index is 1830. The summed E-state index contributed by atoms with van der Waals surface area (Å²) < 4.78 is 13.6. The van der Waals surface area contributed by atoms with Crippen LogP contribution in [0.5, 0.6) is 17.4 Å². The lowest BCUT2D eigenvalue weighted by Crippen LogP contribution is -2.15. The van der Waals surface area contributed by atoms with E-state index >= 15 is 0 Å². The van der Waals surface area contributed by atoms with Crippen LogP contribution in [0.3, 0.4) is 0 Å². The zero-order valence-corrected chi connectivity index (χ0v) is 21.1. The number of oxime groups is 1. The highest BCUT2D eigenvalue weighted by molar-refractivity contribution is 5.91. The molecule has 1 aliphatic rings. The molecule has 3 heterocycles. The number of hydrogen-bond acceptors (Lipinski definition) is 7. The van der Waals surface area contributed by atoms with Gasteiger partial charge in [-0.15, -0.1) is 5.10 Å². The second-order valence-electron chi connectivity index (χ2n) is 9.19. The van der Waals surface area contributed by atoms with Crippen LogP contribution in [0.4, 0.5) is 0 Å². The number of aromatic nitrogens is 4. The molecule has 0 saturated heterocycles. The molecule has 1 unspecified atom stereocenters. The van der Waals surface area contributed by atoms with E-state index in [9.17, 15) is 0 Å². The zero-order chi connectivity index (χ0) is 26.2. The summed E-state index contributed by atoms with van der Waals surface area (Å²) in [6.07, 6.45) is 3.28. The first-order valence-corrected chi connectivity index (χ1v) is 12.6. The van der Waals surface area contributed by atoms with Crippen LogP contribution in [0, 0.1) is 0 Å². The number of benzene rings is 4. The molecule has 7 rings (SSSR count). The Hall–Kier alpha value is -5.24. The molecule has 0 radical (unpaired) electrons. The molecule has 8 heteroatoms. The van der Waals surface area contributed by atoms with E-state index in [4.69, 9.17) is 19.3 Å². The number of fused-ring (bicyclic) bond motifs is 6. The third-order valence-corrected chi connectivity index (χ3v) is 6.86. The number of nitrogens with zero attached hydrogens (tertiary/aromatic N) is 5. The summed E-state index contributed by atoms with van der Waals surface area (Å²) >= 11 is 0. The Morgan fingerprint density at radius 1 is 0.949 bits per heavy atom. The van der Waals surface area contributed by atoms with Gasteiger partial charge in [0.15, 0.2) is 18.1 Å². The second kappa shape index (κ2) is 9.57. The predicted molar refractivity (Wildman–Crippen MR) is 148 cm³/mol. The molecule has 6 aromatic rings. The lowest BCUT2D eigenvalue weighted by atomic mass is 9.83. The van der Waals surface area contributed by atoms with E-state index in [1.807, 2.05) is 54.6 Å². The van der Waals surface area contributed by atoms with E-state index in [1.54, 1.807) is 24.2 Å². The molecule has 1 atom stereocenters. The fraction of sp³-hybridized carbons (Fsp3) is 0.0968. The molecule has 1 aliphatic heterocycles. The van der Waals surface area contributed by atoms with Gasteiger partial charge in [0.2, 0.25) is 5.88 Å². The van der Waals surface area contributed by atoms with Crippen molar-refractivity contribution in [3.63, 3.8) is 0 Å². The third kappa shape index (κ3) is 4.12. The van der Waals surface area contributed by atoms with Crippen LogP contribution < -0.4 is 9.47 Å². The Morgan fingerprint density at radius 3 is 2.62 bits per heavy atom. The molecule has 0 bridgehead atoms. The minimum atomic E-state index is -0.176. The summed E-state index contributed by atoms with van der Waals surface area (Å²) in [5.41, 5.74) is 4.56. The van der Waals surface area contributed by atoms with Crippen LogP contribution in [-0.2, 0) is 11.4 Å². The van der Waals surface area contributed by atoms with Gasteiger partial charge in [-0.25, -0.2) is 14.5 Å². The first kappa shape index (κ1) is 22.9. The van der Waals surface area contributed by atoms with Crippen LogP contribution in [0.25, 0.3) is 16.4 Å². The van der Waals surface area contributed by atoms with Crippen molar-refractivity contribution in [2.24, 2.45) is 5.16 Å². The number of ether oxygens (including phenoxy) is 2. The maximum Gasteiger partial charge on any atom is 0.228 e. The smallest absolute Gasteiger partial charge is 0.228 e. The normalized spacial score (nSPS) is 14.2. The lowest BCUT2D eigenvalue weighted by molar-refractivity contribution is 0.126. The van der Waals surface area contributed by atoms with Gasteiger partial charge in [0.25, 0.3) is 0 Å². The molecule has 0 aliphatic carbocycles. The monoisotopic (exact) mass is 513 g/mol. The molecule has 0 spiro atoms. The zero-order valence-electron chi connectivity index (χ0n) is 21.1. The van der Waals surface area contributed by atoms with Crippen molar-refractivity contribution in [2.45, 2.75) is 12.5 Å². The van der Waals surface area contributed by atoms with Gasteiger partial charge in [-0.2, -0.15) is 0 Å². The Balaban J connectivity index is 1.31. The summed E-state index contributed by atoms with van der Waals surface area (Å²) in [4.78, 5) is 15.0. The highest BCUT2D eigenvalue weighted by Crippen LogP contribution is 2.50. The quantitative estimate of drug-likeness (QED) is 0.197. The standard InChI is InChI=1S/C31H23N5O3/c1-37-23-14-11-22(12-15-23)27-25-16-13-21-9-5-6-10-24(21)29(25)39-31-28(27)30-34-26(35-36(30)19-32-31)18-38-33-17-20-7-3-2-4-8-20/h2-17,19,27H,18H2,1H3/b33-17+. The van der Waals surface area contributed by atoms with Crippen molar-refractivity contribution < 1.29 is 14.3 Å². The summed E-state index contributed by atoms with van der Waals surface area (Å²) in [7, 11) is 1.66. The van der Waals surface area contributed by atoms with Gasteiger partial charge < -0.3 is 14.3 Å². The fourth-order valence-electron chi connectivity index (χ4n) is 5.03. The molecule has 8 nitrogen and oxygen atoms in total. The van der Waals surface area contributed by atoms with Crippen molar-refractivity contribution in [3.8, 4) is 17.4 Å². The fourth-order valence-corrected chi connectivity index (χ4v) is 5.03. The predicted octanol–water partition coefficient (Wildman–Crippen LogP) is 6.12. The molecule has 0 fully saturated rings. The van der Waals surface area contributed by atoms with Crippen LogP contribution in [0.1, 0.15) is 34.0 Å². The molecule has 0 amide bonds. The van der Waals surface area contributed by atoms with Crippen LogP contribution >= 0.6 is 0 Å². The summed E-state index contributed by atoms with van der Waals surface area (Å²) in [6, 6.07) is 30.3. The van der Waals surface area contributed by atoms with Gasteiger partial charge in [-0.3, -0.25) is 0 Å². The van der Waals surface area contributed by atoms with Crippen molar-refractivity contribution in [2.75, 3.05) is 7.11 Å². The number of hydrogen-bond donors (Lipinski definition) is 0. The van der Waals surface area contributed by atoms with Gasteiger partial charge in [-0.1, -0.05) is 84.0 Å². The van der Waals surface area contributed by atoms with E-state index in [1.165, 1.54) is 0 Å². The maximum absolute atomic E-state index is 6.48. The van der Waals surface area contributed by atoms with Crippen LogP contribution in [0.15, 0.2) is 102 Å². The molecule has 0 saturated carbocycles. The van der Waals surface area contributed by atoms with Crippen LogP contribution in [-0.4, -0.2) is 32.9 Å². The van der Waals surface area contributed by atoms with E-state index in [0.29, 0.717) is 17.4 Å². The highest BCUT2D eigenvalue weighted by atomic mass is 16.6. The van der Waals surface area contributed by atoms with Crippen molar-refractivity contribution >= 4 is 22.6 Å². The van der Waals surface area contributed by atoms with Gasteiger partial charge in [0.1, 0.15) is 17.8 Å². The van der Waals surface area contributed by atoms with Gasteiger partial charge in [-0.05, 0) is 28.6 Å². The molecule has 39 heavy (non-hydrogen) atoms. The SMILES string of the molecule is COc1ccc(C2c3ccc4ccccc4c3Oc3ncn4nc(CO/N=C/c5ccccc5)nc4c32)cc1. The largest absolute Gasteiger partial charge is 0.497 e. The molecule has 190 valence electrons. The Labute approximate surface area is 224 Å². The third-order valence-electron chi connectivity index (χ3n) is 6.86. The van der Waals surface area contributed by atoms with E-state index in [0.717, 1.165) is 44.5 Å². The molecule has 0 N–H and O–H groups in total. The lowest BCUT2D eigenvalue weighted by Gasteiger charge is -2.28. The summed E-state index contributed by atoms with van der Waals surface area (Å²) in [5, 5.41) is 10.8. The average molecular weight is 514 g/mol. The first-order chi connectivity index (χ1) is 19.3. The maximum atomic E-state index is 6.48. The van der Waals surface area contributed by atoms with Crippen molar-refractivity contribution in [1.82, 2.24) is 19.6 Å². The van der Waals surface area contributed by atoms with Gasteiger partial charge in [0, 0.05) is 16.9 Å². The van der Waals surface area contributed by atoms with Crippen molar-refractivity contribution in [1.29, 1.82) is 0 Å². The van der Waals surface area contributed by atoms with Crippen LogP contribution in [0.2, 0.25) is 0 Å². The minimum Gasteiger partial charge on any atom is -0.497 e. The van der Waals surface area contributed by atoms with Crippen molar-refractivity contribution in [3.05, 3.63) is 125 Å². The van der Waals surface area contributed by atoms with E-state index in [-0.39, 0.29) is 12.5 Å². The molecular weight excluding hydrogens is 490 g/mol. The topological polar surface area (TPSA) is 83.1 Å². The number of methoxy groups -OCH3 is 1. The van der Waals surface area contributed by atoms with Gasteiger partial charge >= 0.3 is 0 Å². The van der Waals surface area contributed by atoms with E-state index in [2.05, 4.69) is 51.6 Å². The Morgan fingerprint density at radius 2 is 1.77 bits per heavy atom. The van der Waals surface area contributed by atoms with Gasteiger partial charge in [0.05, 0.1) is 18.9 Å². The first-order valence-electron chi connectivity index (χ1n) is 12.6. The summed E-state index contributed by atoms with van der Waals surface area (Å²) in [6.45, 7) is 0.120. The van der Waals surface area contributed by atoms with E-state index < -0.39 is 0 Å². The minimum absolute atomic E-state index is 0.120. The molecule has 4 aromatic carbocycles. The second-order valence-corrected chi connectivity index (χ2v) is 9.19. The Kier molecular flexibility index (Phi) is 5.62. The average Bonchev–Trinajstić information content (AvgIpc) is 3.42.